The van der Waals surface area contributed by atoms with Gasteiger partial charge in [-0.15, -0.1) is 0 Å². The molecular formula is C10H14BrN3O3. The van der Waals surface area contributed by atoms with Crippen LogP contribution in [0.4, 0.5) is 5.69 Å². The molecule has 0 aromatic heterocycles. The minimum Gasteiger partial charge on any atom is -0.355 e. The van der Waals surface area contributed by atoms with Gasteiger partial charge in [-0.3, -0.25) is 14.9 Å². The number of amides is 1. The topological polar surface area (TPSA) is 98.3 Å². The Morgan fingerprint density at radius 2 is 2.12 bits per heavy atom. The second-order valence-corrected chi connectivity index (χ2v) is 3.37. The molecule has 0 atom stereocenters. The van der Waals surface area contributed by atoms with Gasteiger partial charge in [-0.25, -0.2) is 0 Å². The number of nitro groups is 1. The van der Waals surface area contributed by atoms with Crippen molar-refractivity contribution < 1.29 is 9.72 Å². The highest BCUT2D eigenvalue weighted by molar-refractivity contribution is 9.08. The van der Waals surface area contributed by atoms with Gasteiger partial charge in [-0.1, -0.05) is 22.0 Å². The summed E-state index contributed by atoms with van der Waals surface area (Å²) in [5.41, 5.74) is 5.29. The molecule has 6 nitrogen and oxygen atoms in total. The number of nitrogens with zero attached hydrogens (tertiary/aromatic N) is 1. The van der Waals surface area contributed by atoms with Crippen molar-refractivity contribution in [3.05, 3.63) is 39.4 Å². The molecule has 0 aliphatic rings. The van der Waals surface area contributed by atoms with Crippen LogP contribution in [0.3, 0.4) is 0 Å². The van der Waals surface area contributed by atoms with Crippen molar-refractivity contribution >= 4 is 27.5 Å². The highest BCUT2D eigenvalue weighted by Crippen LogP contribution is 2.22. The summed E-state index contributed by atoms with van der Waals surface area (Å²) in [6.07, 6.45) is 0. The molecule has 1 aromatic carbocycles. The van der Waals surface area contributed by atoms with E-state index >= 15 is 0 Å². The second kappa shape index (κ2) is 7.75. The lowest BCUT2D eigenvalue weighted by Crippen LogP contribution is -2.17. The summed E-state index contributed by atoms with van der Waals surface area (Å²) in [5.74, 6) is -0.334. The molecule has 94 valence electrons. The van der Waals surface area contributed by atoms with Crippen molar-refractivity contribution in [1.29, 1.82) is 0 Å². The van der Waals surface area contributed by atoms with Crippen molar-refractivity contribution in [3.63, 3.8) is 0 Å². The SMILES string of the molecule is CN.CNC(=O)c1ccc(CBr)c([N+](=O)[O-])c1. The van der Waals surface area contributed by atoms with Crippen molar-refractivity contribution in [3.8, 4) is 0 Å². The first-order valence-corrected chi connectivity index (χ1v) is 5.85. The maximum absolute atomic E-state index is 11.2. The molecule has 0 aliphatic heterocycles. The Hall–Kier alpha value is -1.47. The van der Waals surface area contributed by atoms with E-state index in [2.05, 4.69) is 27.0 Å². The van der Waals surface area contributed by atoms with Crippen LogP contribution in [0.25, 0.3) is 0 Å². The normalized spacial score (nSPS) is 8.94. The summed E-state index contributed by atoms with van der Waals surface area (Å²) in [6.45, 7) is 0. The number of benzene rings is 1. The van der Waals surface area contributed by atoms with Crippen LogP contribution in [0.2, 0.25) is 0 Å². The smallest absolute Gasteiger partial charge is 0.274 e. The Bertz CT molecular complexity index is 410. The van der Waals surface area contributed by atoms with Gasteiger partial charge in [0, 0.05) is 29.6 Å². The summed E-state index contributed by atoms with van der Waals surface area (Å²) in [5, 5.41) is 13.5. The third-order valence-corrected chi connectivity index (χ3v) is 2.52. The van der Waals surface area contributed by atoms with E-state index in [0.717, 1.165) is 0 Å². The van der Waals surface area contributed by atoms with Gasteiger partial charge in [0.25, 0.3) is 11.6 Å². The van der Waals surface area contributed by atoms with E-state index in [-0.39, 0.29) is 17.2 Å². The fraction of sp³-hybridized carbons (Fsp3) is 0.300. The molecule has 0 radical (unpaired) electrons. The van der Waals surface area contributed by atoms with Gasteiger partial charge in [0.15, 0.2) is 0 Å². The average Bonchev–Trinajstić information content (AvgIpc) is 2.39. The molecule has 0 fully saturated rings. The van der Waals surface area contributed by atoms with E-state index in [1.54, 1.807) is 12.1 Å². The predicted molar refractivity (Wildman–Crippen MR) is 69.2 cm³/mol. The van der Waals surface area contributed by atoms with E-state index in [1.165, 1.54) is 20.2 Å². The average molecular weight is 304 g/mol. The summed E-state index contributed by atoms with van der Waals surface area (Å²) in [7, 11) is 2.98. The number of carbonyl (C=O) groups is 1. The van der Waals surface area contributed by atoms with Gasteiger partial charge in [0.2, 0.25) is 0 Å². The Morgan fingerprint density at radius 3 is 2.53 bits per heavy atom. The molecule has 0 bridgehead atoms. The fourth-order valence-corrected chi connectivity index (χ4v) is 1.61. The first kappa shape index (κ1) is 15.5. The van der Waals surface area contributed by atoms with Gasteiger partial charge in [0.05, 0.1) is 4.92 Å². The molecule has 7 heteroatoms. The maximum Gasteiger partial charge on any atom is 0.274 e. The van der Waals surface area contributed by atoms with Gasteiger partial charge in [-0.2, -0.15) is 0 Å². The van der Waals surface area contributed by atoms with Gasteiger partial charge in [-0.05, 0) is 13.1 Å². The molecular weight excluding hydrogens is 290 g/mol. The van der Waals surface area contributed by atoms with Crippen molar-refractivity contribution in [1.82, 2.24) is 5.32 Å². The zero-order valence-electron chi connectivity index (χ0n) is 9.57. The molecule has 1 aromatic rings. The first-order valence-electron chi connectivity index (χ1n) is 4.73. The van der Waals surface area contributed by atoms with Crippen molar-refractivity contribution in [2.75, 3.05) is 14.1 Å². The zero-order chi connectivity index (χ0) is 13.4. The lowest BCUT2D eigenvalue weighted by Gasteiger charge is -2.02. The number of alkyl halides is 1. The van der Waals surface area contributed by atoms with Crippen LogP contribution in [0.1, 0.15) is 15.9 Å². The molecule has 1 rings (SSSR count). The van der Waals surface area contributed by atoms with Crippen LogP contribution in [0.5, 0.6) is 0 Å². The lowest BCUT2D eigenvalue weighted by molar-refractivity contribution is -0.385. The van der Waals surface area contributed by atoms with E-state index in [4.69, 9.17) is 0 Å². The summed E-state index contributed by atoms with van der Waals surface area (Å²) >= 11 is 3.15. The largest absolute Gasteiger partial charge is 0.355 e. The Morgan fingerprint density at radius 1 is 1.53 bits per heavy atom. The lowest BCUT2D eigenvalue weighted by atomic mass is 10.1. The van der Waals surface area contributed by atoms with Gasteiger partial charge >= 0.3 is 0 Å². The third kappa shape index (κ3) is 4.12. The quantitative estimate of drug-likeness (QED) is 0.501. The number of hydrogen-bond donors (Lipinski definition) is 2. The number of hydrogen-bond acceptors (Lipinski definition) is 4. The molecule has 0 spiro atoms. The minimum absolute atomic E-state index is 0.0482. The van der Waals surface area contributed by atoms with E-state index in [1.807, 2.05) is 0 Å². The molecule has 0 saturated carbocycles. The Labute approximate surface area is 107 Å². The maximum atomic E-state index is 11.2. The molecule has 0 saturated heterocycles. The molecule has 17 heavy (non-hydrogen) atoms. The van der Waals surface area contributed by atoms with E-state index in [0.29, 0.717) is 10.9 Å². The number of rotatable bonds is 3. The molecule has 1 amide bonds. The summed E-state index contributed by atoms with van der Waals surface area (Å²) < 4.78 is 0. The summed E-state index contributed by atoms with van der Waals surface area (Å²) in [4.78, 5) is 21.4. The molecule has 0 unspecified atom stereocenters. The fourth-order valence-electron chi connectivity index (χ4n) is 1.13. The number of halogens is 1. The number of nitro benzene ring substituents is 1. The highest BCUT2D eigenvalue weighted by atomic mass is 79.9. The standard InChI is InChI=1S/C9H9BrN2O3.CH5N/c1-11-9(13)6-2-3-7(5-10)8(4-6)12(14)15;1-2/h2-4H,5H2,1H3,(H,11,13);2H2,1H3. The Kier molecular flexibility index (Phi) is 7.08. The van der Waals surface area contributed by atoms with Gasteiger partial charge < -0.3 is 11.1 Å². The second-order valence-electron chi connectivity index (χ2n) is 2.81. The molecule has 0 heterocycles. The van der Waals surface area contributed by atoms with Crippen LogP contribution in [-0.2, 0) is 5.33 Å². The van der Waals surface area contributed by atoms with Gasteiger partial charge in [0.1, 0.15) is 0 Å². The van der Waals surface area contributed by atoms with Crippen LogP contribution in [-0.4, -0.2) is 24.9 Å². The van der Waals surface area contributed by atoms with Crippen molar-refractivity contribution in [2.45, 2.75) is 5.33 Å². The van der Waals surface area contributed by atoms with Crippen LogP contribution in [0, 0.1) is 10.1 Å². The molecule has 0 aliphatic carbocycles. The van der Waals surface area contributed by atoms with E-state index in [9.17, 15) is 14.9 Å². The van der Waals surface area contributed by atoms with Crippen LogP contribution in [0.15, 0.2) is 18.2 Å². The van der Waals surface area contributed by atoms with Crippen LogP contribution >= 0.6 is 15.9 Å². The third-order valence-electron chi connectivity index (χ3n) is 1.92. The molecule has 3 N–H and O–H groups in total. The van der Waals surface area contributed by atoms with Crippen LogP contribution < -0.4 is 11.1 Å². The summed E-state index contributed by atoms with van der Waals surface area (Å²) in [6, 6.07) is 4.40. The number of carbonyl (C=O) groups excluding carboxylic acids is 1. The number of nitrogens with one attached hydrogen (secondary N) is 1. The van der Waals surface area contributed by atoms with Crippen molar-refractivity contribution in [2.24, 2.45) is 5.73 Å². The minimum atomic E-state index is -0.497. The first-order chi connectivity index (χ1) is 8.10. The Balaban J connectivity index is 0.00000121. The van der Waals surface area contributed by atoms with E-state index < -0.39 is 4.92 Å². The predicted octanol–water partition coefficient (Wildman–Crippen LogP) is 1.42. The monoisotopic (exact) mass is 303 g/mol. The highest BCUT2D eigenvalue weighted by Gasteiger charge is 2.15. The zero-order valence-corrected chi connectivity index (χ0v) is 11.2. The number of nitrogens with two attached hydrogens (primary N) is 1.